The van der Waals surface area contributed by atoms with Gasteiger partial charge >= 0.3 is 0 Å². The molecule has 202 valence electrons. The predicted molar refractivity (Wildman–Crippen MR) is 152 cm³/mol. The highest BCUT2D eigenvalue weighted by atomic mass is 35.5. The molecule has 2 amide bonds. The van der Waals surface area contributed by atoms with Crippen molar-refractivity contribution in [3.63, 3.8) is 0 Å². The standard InChI is InChI=1S/C29H34ClN3O4S/c1-20(2)31-29(35)23(5)32(18-24-14-10-21(3)11-15-24)28(34)19-33(27-9-7-6-8-26(27)30)38(36,37)25-16-12-22(4)13-17-25/h6-17,20,23H,18-19H2,1-5H3,(H,31,35)/t23-/m0/s1. The summed E-state index contributed by atoms with van der Waals surface area (Å²) in [6, 6.07) is 19.5. The maximum absolute atomic E-state index is 13.9. The third-order valence-corrected chi connectivity index (χ3v) is 8.17. The van der Waals surface area contributed by atoms with Gasteiger partial charge in [-0.15, -0.1) is 0 Å². The lowest BCUT2D eigenvalue weighted by atomic mass is 10.1. The van der Waals surface area contributed by atoms with Gasteiger partial charge in [-0.25, -0.2) is 8.42 Å². The van der Waals surface area contributed by atoms with Crippen molar-refractivity contribution in [3.05, 3.63) is 94.5 Å². The summed E-state index contributed by atoms with van der Waals surface area (Å²) in [5.41, 5.74) is 2.96. The van der Waals surface area contributed by atoms with Crippen LogP contribution in [0.25, 0.3) is 0 Å². The quantitative estimate of drug-likeness (QED) is 0.377. The largest absolute Gasteiger partial charge is 0.352 e. The Morgan fingerprint density at radius 1 is 0.868 bits per heavy atom. The zero-order valence-corrected chi connectivity index (χ0v) is 23.9. The highest BCUT2D eigenvalue weighted by Crippen LogP contribution is 2.31. The number of nitrogens with one attached hydrogen (secondary N) is 1. The SMILES string of the molecule is Cc1ccc(CN(C(=O)CN(c2ccccc2Cl)S(=O)(=O)c2ccc(C)cc2)[C@@H](C)C(=O)NC(C)C)cc1. The second-order valence-corrected chi connectivity index (χ2v) is 11.9. The van der Waals surface area contributed by atoms with E-state index in [-0.39, 0.29) is 34.1 Å². The van der Waals surface area contributed by atoms with Crippen LogP contribution < -0.4 is 9.62 Å². The van der Waals surface area contributed by atoms with Crippen molar-refractivity contribution in [3.8, 4) is 0 Å². The molecule has 0 heterocycles. The van der Waals surface area contributed by atoms with Gasteiger partial charge < -0.3 is 10.2 Å². The molecule has 0 bridgehead atoms. The molecule has 0 spiro atoms. The molecule has 0 saturated carbocycles. The second-order valence-electron chi connectivity index (χ2n) is 9.62. The van der Waals surface area contributed by atoms with E-state index in [1.165, 1.54) is 17.0 Å². The van der Waals surface area contributed by atoms with E-state index in [0.717, 1.165) is 21.0 Å². The molecule has 0 aliphatic rings. The number of anilines is 1. The van der Waals surface area contributed by atoms with Crippen molar-refractivity contribution >= 4 is 39.1 Å². The average Bonchev–Trinajstić information content (AvgIpc) is 2.86. The van der Waals surface area contributed by atoms with Crippen LogP contribution in [0.4, 0.5) is 5.69 Å². The number of halogens is 1. The smallest absolute Gasteiger partial charge is 0.264 e. The van der Waals surface area contributed by atoms with Gasteiger partial charge in [0.1, 0.15) is 12.6 Å². The summed E-state index contributed by atoms with van der Waals surface area (Å²) in [7, 11) is -4.16. The third kappa shape index (κ3) is 7.14. The molecule has 3 rings (SSSR count). The number of hydrogen-bond acceptors (Lipinski definition) is 4. The van der Waals surface area contributed by atoms with Gasteiger partial charge in [0.2, 0.25) is 11.8 Å². The van der Waals surface area contributed by atoms with Gasteiger partial charge in [0.25, 0.3) is 10.0 Å². The van der Waals surface area contributed by atoms with Crippen LogP contribution in [0, 0.1) is 13.8 Å². The molecular formula is C29H34ClN3O4S. The maximum atomic E-state index is 13.9. The van der Waals surface area contributed by atoms with E-state index >= 15 is 0 Å². The fraction of sp³-hybridized carbons (Fsp3) is 0.310. The lowest BCUT2D eigenvalue weighted by Crippen LogP contribution is -2.52. The fourth-order valence-corrected chi connectivity index (χ4v) is 5.60. The van der Waals surface area contributed by atoms with E-state index in [1.807, 2.05) is 52.0 Å². The Kier molecular flexibility index (Phi) is 9.57. The molecule has 1 atom stereocenters. The highest BCUT2D eigenvalue weighted by molar-refractivity contribution is 7.92. The van der Waals surface area contributed by atoms with E-state index in [1.54, 1.807) is 43.3 Å². The van der Waals surface area contributed by atoms with Gasteiger partial charge in [-0.3, -0.25) is 13.9 Å². The van der Waals surface area contributed by atoms with Gasteiger partial charge in [0, 0.05) is 12.6 Å². The maximum Gasteiger partial charge on any atom is 0.264 e. The number of benzene rings is 3. The van der Waals surface area contributed by atoms with Crippen LogP contribution in [0.1, 0.15) is 37.5 Å². The summed E-state index contributed by atoms with van der Waals surface area (Å²) in [4.78, 5) is 28.2. The van der Waals surface area contributed by atoms with Crippen molar-refractivity contribution < 1.29 is 18.0 Å². The van der Waals surface area contributed by atoms with Crippen LogP contribution in [-0.2, 0) is 26.2 Å². The van der Waals surface area contributed by atoms with Crippen LogP contribution in [0.15, 0.2) is 77.7 Å². The molecule has 38 heavy (non-hydrogen) atoms. The fourth-order valence-electron chi connectivity index (χ4n) is 3.88. The summed E-state index contributed by atoms with van der Waals surface area (Å²) in [6.07, 6.45) is 0. The zero-order chi connectivity index (χ0) is 28.0. The topological polar surface area (TPSA) is 86.8 Å². The van der Waals surface area contributed by atoms with Gasteiger partial charge in [0.15, 0.2) is 0 Å². The minimum absolute atomic E-state index is 0.0338. The zero-order valence-electron chi connectivity index (χ0n) is 22.3. The molecular weight excluding hydrogens is 522 g/mol. The molecule has 1 N–H and O–H groups in total. The Morgan fingerprint density at radius 3 is 1.97 bits per heavy atom. The Labute approximate surface area is 230 Å². The first-order valence-electron chi connectivity index (χ1n) is 12.4. The van der Waals surface area contributed by atoms with Crippen molar-refractivity contribution in [2.45, 2.75) is 58.1 Å². The van der Waals surface area contributed by atoms with Crippen molar-refractivity contribution in [2.75, 3.05) is 10.8 Å². The minimum atomic E-state index is -4.16. The van der Waals surface area contributed by atoms with Gasteiger partial charge in [0.05, 0.1) is 15.6 Å². The van der Waals surface area contributed by atoms with Crippen LogP contribution in [0.2, 0.25) is 5.02 Å². The number of carbonyl (C=O) groups excluding carboxylic acids is 2. The summed E-state index contributed by atoms with van der Waals surface area (Å²) < 4.78 is 28.6. The second kappa shape index (κ2) is 12.5. The van der Waals surface area contributed by atoms with E-state index in [2.05, 4.69) is 5.32 Å². The van der Waals surface area contributed by atoms with Crippen LogP contribution >= 0.6 is 11.6 Å². The van der Waals surface area contributed by atoms with E-state index in [4.69, 9.17) is 11.6 Å². The molecule has 0 fully saturated rings. The van der Waals surface area contributed by atoms with E-state index in [0.29, 0.717) is 0 Å². The first-order valence-corrected chi connectivity index (χ1v) is 14.2. The number of rotatable bonds is 10. The Hall–Kier alpha value is -3.36. The Morgan fingerprint density at radius 2 is 1.42 bits per heavy atom. The van der Waals surface area contributed by atoms with Gasteiger partial charge in [-0.05, 0) is 64.4 Å². The average molecular weight is 556 g/mol. The number of para-hydroxylation sites is 1. The molecule has 0 saturated heterocycles. The number of nitrogens with zero attached hydrogens (tertiary/aromatic N) is 2. The molecule has 9 heteroatoms. The molecule has 0 aliphatic heterocycles. The molecule has 0 unspecified atom stereocenters. The normalized spacial score (nSPS) is 12.2. The van der Waals surface area contributed by atoms with Gasteiger partial charge in [-0.1, -0.05) is 71.3 Å². The monoisotopic (exact) mass is 555 g/mol. The van der Waals surface area contributed by atoms with Gasteiger partial charge in [-0.2, -0.15) is 0 Å². The number of carbonyl (C=O) groups is 2. The lowest BCUT2D eigenvalue weighted by molar-refractivity contribution is -0.139. The van der Waals surface area contributed by atoms with E-state index < -0.39 is 28.5 Å². The van der Waals surface area contributed by atoms with Crippen LogP contribution in [0.3, 0.4) is 0 Å². The molecule has 0 radical (unpaired) electrons. The minimum Gasteiger partial charge on any atom is -0.352 e. The Bertz CT molecular complexity index is 1370. The number of aryl methyl sites for hydroxylation is 2. The lowest BCUT2D eigenvalue weighted by Gasteiger charge is -2.32. The molecule has 0 aliphatic carbocycles. The summed E-state index contributed by atoms with van der Waals surface area (Å²) in [6.45, 7) is 8.73. The summed E-state index contributed by atoms with van der Waals surface area (Å²) >= 11 is 6.42. The number of sulfonamides is 1. The van der Waals surface area contributed by atoms with Crippen LogP contribution in [0.5, 0.6) is 0 Å². The van der Waals surface area contributed by atoms with Crippen LogP contribution in [-0.4, -0.2) is 43.8 Å². The number of hydrogen-bond donors (Lipinski definition) is 1. The summed E-state index contributed by atoms with van der Waals surface area (Å²) in [5.74, 6) is -0.862. The van der Waals surface area contributed by atoms with Crippen molar-refractivity contribution in [1.82, 2.24) is 10.2 Å². The Balaban J connectivity index is 2.04. The number of amides is 2. The molecule has 3 aromatic rings. The van der Waals surface area contributed by atoms with Crippen molar-refractivity contribution in [1.29, 1.82) is 0 Å². The highest BCUT2D eigenvalue weighted by Gasteiger charge is 2.33. The summed E-state index contributed by atoms with van der Waals surface area (Å²) in [5, 5.41) is 3.03. The molecule has 7 nitrogen and oxygen atoms in total. The predicted octanol–water partition coefficient (Wildman–Crippen LogP) is 5.09. The third-order valence-electron chi connectivity index (χ3n) is 6.08. The molecule has 0 aromatic heterocycles. The van der Waals surface area contributed by atoms with E-state index in [9.17, 15) is 18.0 Å². The first-order chi connectivity index (χ1) is 17.9. The first kappa shape index (κ1) is 29.2. The van der Waals surface area contributed by atoms with Crippen molar-refractivity contribution in [2.24, 2.45) is 0 Å². The molecule has 3 aromatic carbocycles.